The van der Waals surface area contributed by atoms with Crippen molar-refractivity contribution in [3.05, 3.63) is 18.1 Å². The van der Waals surface area contributed by atoms with E-state index < -0.39 is 11.9 Å². The van der Waals surface area contributed by atoms with Gasteiger partial charge >= 0.3 is 0 Å². The molecule has 4 nitrogen and oxygen atoms in total. The van der Waals surface area contributed by atoms with E-state index in [0.29, 0.717) is 12.0 Å². The standard InChI is InChI=1S/C10H14NO3/c1-13-10(14-2)6-3-4-8(5-7-11)9(10)12/h4-5,9,12H,3,6H2,1-2H3/b8-5+. The third-order valence-corrected chi connectivity index (χ3v) is 2.53. The molecule has 0 amide bonds. The molecular weight excluding hydrogens is 182 g/mol. The molecule has 0 aliphatic heterocycles. The van der Waals surface area contributed by atoms with Crippen LogP contribution in [0.15, 0.2) is 11.6 Å². The van der Waals surface area contributed by atoms with Gasteiger partial charge in [0.15, 0.2) is 5.79 Å². The number of ether oxygens (including phenoxy) is 2. The lowest BCUT2D eigenvalue weighted by atomic mass is 9.86. The minimum atomic E-state index is -1.00. The van der Waals surface area contributed by atoms with Crippen LogP contribution >= 0.6 is 0 Å². The molecule has 1 unspecified atom stereocenters. The molecule has 1 fully saturated rings. The zero-order chi connectivity index (χ0) is 10.6. The molecule has 77 valence electrons. The van der Waals surface area contributed by atoms with Crippen molar-refractivity contribution in [1.29, 1.82) is 5.26 Å². The van der Waals surface area contributed by atoms with Gasteiger partial charge in [0, 0.05) is 26.7 Å². The minimum absolute atomic E-state index is 0.558. The Hall–Kier alpha value is -0.890. The minimum Gasteiger partial charge on any atom is -0.383 e. The average Bonchev–Trinajstić information content (AvgIpc) is 2.22. The predicted molar refractivity (Wildman–Crippen MR) is 50.0 cm³/mol. The number of rotatable bonds is 2. The van der Waals surface area contributed by atoms with E-state index in [9.17, 15) is 5.11 Å². The first-order chi connectivity index (χ1) is 6.70. The lowest BCUT2D eigenvalue weighted by Crippen LogP contribution is -2.49. The van der Waals surface area contributed by atoms with Gasteiger partial charge in [-0.15, -0.1) is 0 Å². The van der Waals surface area contributed by atoms with Crippen molar-refractivity contribution in [2.24, 2.45) is 0 Å². The molecule has 0 spiro atoms. The van der Waals surface area contributed by atoms with E-state index in [2.05, 4.69) is 0 Å². The van der Waals surface area contributed by atoms with Gasteiger partial charge in [0.1, 0.15) is 6.10 Å². The fraction of sp³-hybridized carbons (Fsp3) is 0.600. The van der Waals surface area contributed by atoms with Gasteiger partial charge in [-0.3, -0.25) is 0 Å². The topological polar surface area (TPSA) is 62.5 Å². The van der Waals surface area contributed by atoms with Crippen LogP contribution in [0.5, 0.6) is 0 Å². The summed E-state index contributed by atoms with van der Waals surface area (Å²) in [6, 6.07) is 1.89. The summed E-state index contributed by atoms with van der Waals surface area (Å²) >= 11 is 0. The molecule has 1 N–H and O–H groups in total. The molecule has 14 heavy (non-hydrogen) atoms. The Morgan fingerprint density at radius 2 is 2.29 bits per heavy atom. The van der Waals surface area contributed by atoms with Gasteiger partial charge in [-0.25, -0.2) is 0 Å². The highest BCUT2D eigenvalue weighted by Crippen LogP contribution is 2.34. The Morgan fingerprint density at radius 1 is 1.64 bits per heavy atom. The molecule has 1 aliphatic rings. The maximum atomic E-state index is 9.91. The van der Waals surface area contributed by atoms with E-state index >= 15 is 0 Å². The largest absolute Gasteiger partial charge is 0.383 e. The van der Waals surface area contributed by atoms with Crippen molar-refractivity contribution in [1.82, 2.24) is 0 Å². The Labute approximate surface area is 83.7 Å². The Balaban J connectivity index is 2.90. The molecular formula is C10H14NO3. The first-order valence-corrected chi connectivity index (χ1v) is 4.41. The second-order valence-corrected chi connectivity index (χ2v) is 3.14. The zero-order valence-corrected chi connectivity index (χ0v) is 8.36. The van der Waals surface area contributed by atoms with Gasteiger partial charge in [-0.05, 0) is 18.4 Å². The Bertz CT molecular complexity index is 263. The number of aliphatic hydroxyl groups is 1. The molecule has 0 bridgehead atoms. The summed E-state index contributed by atoms with van der Waals surface area (Å²) in [6.45, 7) is 0. The first kappa shape index (κ1) is 11.2. The molecule has 1 rings (SSSR count). The summed E-state index contributed by atoms with van der Waals surface area (Å²) in [5, 5.41) is 18.4. The number of hydrogen-bond donors (Lipinski definition) is 1. The van der Waals surface area contributed by atoms with Crippen molar-refractivity contribution < 1.29 is 14.6 Å². The van der Waals surface area contributed by atoms with Gasteiger partial charge in [0.05, 0.1) is 6.07 Å². The average molecular weight is 196 g/mol. The maximum Gasteiger partial charge on any atom is 0.197 e. The van der Waals surface area contributed by atoms with Crippen molar-refractivity contribution in [3.63, 3.8) is 0 Å². The molecule has 1 atom stereocenters. The molecule has 1 radical (unpaired) electrons. The molecule has 1 saturated carbocycles. The normalized spacial score (nSPS) is 28.7. The zero-order valence-electron chi connectivity index (χ0n) is 8.36. The fourth-order valence-electron chi connectivity index (χ4n) is 1.67. The Morgan fingerprint density at radius 3 is 2.79 bits per heavy atom. The number of allylic oxidation sites excluding steroid dienone is 1. The van der Waals surface area contributed by atoms with Gasteiger partial charge in [-0.2, -0.15) is 5.26 Å². The van der Waals surface area contributed by atoms with Crippen LogP contribution < -0.4 is 0 Å². The molecule has 0 aromatic heterocycles. The third kappa shape index (κ3) is 1.80. The number of nitriles is 1. The summed E-state index contributed by atoms with van der Waals surface area (Å²) in [6.07, 6.45) is 3.56. The molecule has 0 aromatic rings. The van der Waals surface area contributed by atoms with Gasteiger partial charge < -0.3 is 14.6 Å². The van der Waals surface area contributed by atoms with Crippen LogP contribution in [-0.4, -0.2) is 31.2 Å². The highest BCUT2D eigenvalue weighted by atomic mass is 16.7. The van der Waals surface area contributed by atoms with Crippen LogP contribution in [0.4, 0.5) is 0 Å². The summed E-state index contributed by atoms with van der Waals surface area (Å²) in [7, 11) is 2.98. The lowest BCUT2D eigenvalue weighted by molar-refractivity contribution is -0.257. The van der Waals surface area contributed by atoms with Gasteiger partial charge in [0.2, 0.25) is 0 Å². The van der Waals surface area contributed by atoms with Crippen molar-refractivity contribution >= 4 is 0 Å². The highest BCUT2D eigenvalue weighted by molar-refractivity contribution is 5.29. The number of methoxy groups -OCH3 is 2. The second-order valence-electron chi connectivity index (χ2n) is 3.14. The number of aliphatic hydroxyl groups excluding tert-OH is 1. The third-order valence-electron chi connectivity index (χ3n) is 2.53. The summed E-state index contributed by atoms with van der Waals surface area (Å²) in [5.74, 6) is -1.00. The molecule has 0 saturated heterocycles. The second kappa shape index (κ2) is 4.56. The van der Waals surface area contributed by atoms with Crippen LogP contribution in [0.2, 0.25) is 0 Å². The van der Waals surface area contributed by atoms with E-state index in [1.54, 1.807) is 0 Å². The Kier molecular flexibility index (Phi) is 3.64. The van der Waals surface area contributed by atoms with Crippen LogP contribution in [0, 0.1) is 17.8 Å². The van der Waals surface area contributed by atoms with Crippen LogP contribution in [0.3, 0.4) is 0 Å². The van der Waals surface area contributed by atoms with Crippen molar-refractivity contribution in [2.75, 3.05) is 14.2 Å². The van der Waals surface area contributed by atoms with Crippen molar-refractivity contribution in [2.45, 2.75) is 24.7 Å². The number of hydrogen-bond acceptors (Lipinski definition) is 4. The SMILES string of the molecule is COC1(OC)CC[CH]/C(=C\C#N)C1O. The van der Waals surface area contributed by atoms with Gasteiger partial charge in [-0.1, -0.05) is 0 Å². The summed E-state index contributed by atoms with van der Waals surface area (Å²) in [5.41, 5.74) is 0.558. The first-order valence-electron chi connectivity index (χ1n) is 4.41. The lowest BCUT2D eigenvalue weighted by Gasteiger charge is -2.39. The smallest absolute Gasteiger partial charge is 0.197 e. The van der Waals surface area contributed by atoms with Gasteiger partial charge in [0.25, 0.3) is 0 Å². The summed E-state index contributed by atoms with van der Waals surface area (Å²) < 4.78 is 10.3. The quantitative estimate of drug-likeness (QED) is 0.523. The molecule has 1 aliphatic carbocycles. The van der Waals surface area contributed by atoms with E-state index in [0.717, 1.165) is 6.42 Å². The highest BCUT2D eigenvalue weighted by Gasteiger charge is 2.43. The van der Waals surface area contributed by atoms with Crippen molar-refractivity contribution in [3.8, 4) is 6.07 Å². The predicted octanol–water partition coefficient (Wildman–Crippen LogP) is 0.784. The van der Waals surface area contributed by atoms with E-state index in [4.69, 9.17) is 14.7 Å². The molecule has 4 heteroatoms. The van der Waals surface area contributed by atoms with E-state index in [1.807, 2.05) is 12.5 Å². The maximum absolute atomic E-state index is 9.91. The number of nitrogens with zero attached hydrogens (tertiary/aromatic N) is 1. The van der Waals surface area contributed by atoms with Crippen LogP contribution in [-0.2, 0) is 9.47 Å². The van der Waals surface area contributed by atoms with Crippen LogP contribution in [0.25, 0.3) is 0 Å². The summed E-state index contributed by atoms with van der Waals surface area (Å²) in [4.78, 5) is 0. The van der Waals surface area contributed by atoms with Crippen LogP contribution in [0.1, 0.15) is 12.8 Å². The molecule has 0 heterocycles. The molecule has 0 aromatic carbocycles. The fourth-order valence-corrected chi connectivity index (χ4v) is 1.67. The van der Waals surface area contributed by atoms with E-state index in [-0.39, 0.29) is 0 Å². The van der Waals surface area contributed by atoms with E-state index in [1.165, 1.54) is 20.3 Å². The monoisotopic (exact) mass is 196 g/mol.